The number of carbonyl (C=O) groups excluding carboxylic acids is 2. The van der Waals surface area contributed by atoms with Crippen molar-refractivity contribution in [2.75, 3.05) is 11.5 Å². The van der Waals surface area contributed by atoms with Gasteiger partial charge < -0.3 is 19.5 Å². The number of alkyl carbamates (subject to hydrolysis) is 1. The van der Waals surface area contributed by atoms with E-state index in [1.807, 2.05) is 0 Å². The smallest absolute Gasteiger partial charge is 0.415 e. The molecule has 1 aliphatic rings. The molecule has 35 heavy (non-hydrogen) atoms. The number of amides is 2. The van der Waals surface area contributed by atoms with Crippen LogP contribution in [0.3, 0.4) is 0 Å². The number of ether oxygens (including phenoxy) is 3. The molecule has 3 aromatic rings. The Bertz CT molecular complexity index is 1190. The number of rotatable bonds is 7. The number of benzene rings is 3. The molecule has 1 aliphatic heterocycles. The van der Waals surface area contributed by atoms with Gasteiger partial charge in [0.15, 0.2) is 6.10 Å². The van der Waals surface area contributed by atoms with Crippen LogP contribution < -0.4 is 15.0 Å². The monoisotopic (exact) mass is 498 g/mol. The van der Waals surface area contributed by atoms with Crippen LogP contribution in [0.5, 0.6) is 11.5 Å². The maximum Gasteiger partial charge on any atom is 0.415 e. The number of halogens is 2. The van der Waals surface area contributed by atoms with Crippen LogP contribution in [0.15, 0.2) is 72.8 Å². The van der Waals surface area contributed by atoms with E-state index in [0.29, 0.717) is 27.8 Å². The summed E-state index contributed by atoms with van der Waals surface area (Å²) >= 11 is 5.91. The van der Waals surface area contributed by atoms with Crippen molar-refractivity contribution < 1.29 is 28.2 Å². The van der Waals surface area contributed by atoms with Gasteiger partial charge >= 0.3 is 12.2 Å². The predicted octanol–water partition coefficient (Wildman–Crippen LogP) is 6.47. The van der Waals surface area contributed by atoms with Gasteiger partial charge in [-0.25, -0.2) is 14.0 Å². The van der Waals surface area contributed by atoms with Crippen LogP contribution in [-0.4, -0.2) is 30.9 Å². The molecule has 2 atom stereocenters. The standard InChI is InChI=1S/C26H24ClFN2O5/c1-16(2)29-25(31)33-15-23-24(17-4-3-5-19(28)14-17)30(26(32)35-23)20-8-12-22(13-9-20)34-21-10-6-18(27)7-11-21/h3-14,16,23-24H,15H2,1-2H3,(H,29,31)/t23-,24-/m0/s1. The van der Waals surface area contributed by atoms with E-state index in [-0.39, 0.29) is 12.6 Å². The molecule has 1 saturated heterocycles. The van der Waals surface area contributed by atoms with Crippen LogP contribution in [0.2, 0.25) is 5.02 Å². The first-order chi connectivity index (χ1) is 16.8. The summed E-state index contributed by atoms with van der Waals surface area (Å²) in [5.74, 6) is 0.708. The third-order valence-electron chi connectivity index (χ3n) is 5.22. The molecule has 0 spiro atoms. The van der Waals surface area contributed by atoms with E-state index in [9.17, 15) is 14.0 Å². The highest BCUT2D eigenvalue weighted by Crippen LogP contribution is 2.38. The van der Waals surface area contributed by atoms with Gasteiger partial charge in [0.25, 0.3) is 0 Å². The van der Waals surface area contributed by atoms with Crippen LogP contribution in [0.25, 0.3) is 0 Å². The summed E-state index contributed by atoms with van der Waals surface area (Å²) in [4.78, 5) is 26.3. The number of nitrogens with zero attached hydrogens (tertiary/aromatic N) is 1. The van der Waals surface area contributed by atoms with Gasteiger partial charge in [-0.05, 0) is 80.1 Å². The van der Waals surface area contributed by atoms with Crippen molar-refractivity contribution in [2.24, 2.45) is 0 Å². The van der Waals surface area contributed by atoms with Crippen molar-refractivity contribution in [3.8, 4) is 11.5 Å². The van der Waals surface area contributed by atoms with Gasteiger partial charge in [-0.1, -0.05) is 23.7 Å². The van der Waals surface area contributed by atoms with E-state index in [1.54, 1.807) is 74.5 Å². The molecular formula is C26H24ClFN2O5. The zero-order chi connectivity index (χ0) is 24.9. The lowest BCUT2D eigenvalue weighted by molar-refractivity contribution is 0.0619. The van der Waals surface area contributed by atoms with Gasteiger partial charge in [0.2, 0.25) is 0 Å². The Morgan fingerprint density at radius 3 is 2.37 bits per heavy atom. The Hall–Kier alpha value is -3.78. The molecular weight excluding hydrogens is 475 g/mol. The lowest BCUT2D eigenvalue weighted by Gasteiger charge is -2.25. The van der Waals surface area contributed by atoms with Gasteiger partial charge in [0.05, 0.1) is 0 Å². The Kier molecular flexibility index (Phi) is 7.41. The Morgan fingerprint density at radius 2 is 1.74 bits per heavy atom. The van der Waals surface area contributed by atoms with Crippen LogP contribution in [0, 0.1) is 5.82 Å². The van der Waals surface area contributed by atoms with Crippen LogP contribution in [0.4, 0.5) is 19.7 Å². The molecule has 0 saturated carbocycles. The second-order valence-corrected chi connectivity index (χ2v) is 8.68. The van der Waals surface area contributed by atoms with Crippen LogP contribution in [-0.2, 0) is 9.47 Å². The Morgan fingerprint density at radius 1 is 1.09 bits per heavy atom. The third kappa shape index (κ3) is 6.02. The zero-order valence-electron chi connectivity index (χ0n) is 19.1. The van der Waals surface area contributed by atoms with Gasteiger partial charge in [0, 0.05) is 16.8 Å². The summed E-state index contributed by atoms with van der Waals surface area (Å²) in [5, 5.41) is 3.22. The fraction of sp³-hybridized carbons (Fsp3) is 0.231. The maximum atomic E-state index is 14.1. The van der Waals surface area contributed by atoms with Gasteiger partial charge in [-0.3, -0.25) is 4.90 Å². The first-order valence-electron chi connectivity index (χ1n) is 11.0. The van der Waals surface area contributed by atoms with Crippen LogP contribution >= 0.6 is 11.6 Å². The average molecular weight is 499 g/mol. The zero-order valence-corrected chi connectivity index (χ0v) is 19.9. The summed E-state index contributed by atoms with van der Waals surface area (Å²) in [6.07, 6.45) is -2.10. The summed E-state index contributed by atoms with van der Waals surface area (Å²) < 4.78 is 30.7. The number of anilines is 1. The molecule has 182 valence electrons. The SMILES string of the molecule is CC(C)NC(=O)OC[C@@H]1OC(=O)N(c2ccc(Oc3ccc(Cl)cc3)cc2)[C@H]1c1cccc(F)c1. The number of hydrogen-bond donors (Lipinski definition) is 1. The number of carbonyl (C=O) groups is 2. The fourth-order valence-corrected chi connectivity index (χ4v) is 3.85. The highest BCUT2D eigenvalue weighted by Gasteiger charge is 2.44. The number of nitrogens with one attached hydrogen (secondary N) is 1. The van der Waals surface area contributed by atoms with E-state index < -0.39 is 30.1 Å². The summed E-state index contributed by atoms with van der Waals surface area (Å²) in [6, 6.07) is 18.8. The van der Waals surface area contributed by atoms with E-state index in [2.05, 4.69) is 5.32 Å². The molecule has 0 aliphatic carbocycles. The van der Waals surface area contributed by atoms with E-state index >= 15 is 0 Å². The molecule has 0 bridgehead atoms. The Labute approximate surface area is 207 Å². The molecule has 1 N–H and O–H groups in total. The van der Waals surface area contributed by atoms with Crippen molar-refractivity contribution in [2.45, 2.75) is 32.0 Å². The summed E-state index contributed by atoms with van der Waals surface area (Å²) in [7, 11) is 0. The van der Waals surface area contributed by atoms with Gasteiger partial charge in [-0.2, -0.15) is 0 Å². The summed E-state index contributed by atoms with van der Waals surface area (Å²) in [5.41, 5.74) is 1.03. The Balaban J connectivity index is 1.57. The van der Waals surface area contributed by atoms with Gasteiger partial charge in [0.1, 0.15) is 30.0 Å². The van der Waals surface area contributed by atoms with E-state index in [0.717, 1.165) is 0 Å². The molecule has 4 rings (SSSR count). The van der Waals surface area contributed by atoms with Crippen molar-refractivity contribution in [3.05, 3.63) is 89.2 Å². The second kappa shape index (κ2) is 10.7. The number of hydrogen-bond acceptors (Lipinski definition) is 5. The molecule has 0 unspecified atom stereocenters. The first-order valence-corrected chi connectivity index (χ1v) is 11.4. The molecule has 0 radical (unpaired) electrons. The summed E-state index contributed by atoms with van der Waals surface area (Å²) in [6.45, 7) is 3.41. The first kappa shape index (κ1) is 24.3. The van der Waals surface area contributed by atoms with Gasteiger partial charge in [-0.15, -0.1) is 0 Å². The highest BCUT2D eigenvalue weighted by molar-refractivity contribution is 6.30. The van der Waals surface area contributed by atoms with E-state index in [4.69, 9.17) is 25.8 Å². The topological polar surface area (TPSA) is 77.1 Å². The third-order valence-corrected chi connectivity index (χ3v) is 5.47. The molecule has 0 aromatic heterocycles. The quantitative estimate of drug-likeness (QED) is 0.404. The molecule has 2 amide bonds. The van der Waals surface area contributed by atoms with E-state index in [1.165, 1.54) is 17.0 Å². The highest BCUT2D eigenvalue weighted by atomic mass is 35.5. The normalized spacial score (nSPS) is 17.3. The average Bonchev–Trinajstić information content (AvgIpc) is 3.15. The minimum Gasteiger partial charge on any atom is -0.457 e. The minimum absolute atomic E-state index is 0.113. The molecule has 9 heteroatoms. The molecule has 7 nitrogen and oxygen atoms in total. The largest absolute Gasteiger partial charge is 0.457 e. The van der Waals surface area contributed by atoms with Crippen molar-refractivity contribution in [1.29, 1.82) is 0 Å². The molecule has 1 fully saturated rings. The second-order valence-electron chi connectivity index (χ2n) is 8.24. The maximum absolute atomic E-state index is 14.1. The lowest BCUT2D eigenvalue weighted by Crippen LogP contribution is -2.35. The van der Waals surface area contributed by atoms with Crippen molar-refractivity contribution >= 4 is 29.5 Å². The molecule has 3 aromatic carbocycles. The number of cyclic esters (lactones) is 1. The predicted molar refractivity (Wildman–Crippen MR) is 129 cm³/mol. The van der Waals surface area contributed by atoms with Crippen molar-refractivity contribution in [3.63, 3.8) is 0 Å². The minimum atomic E-state index is -0.841. The molecule has 1 heterocycles. The van der Waals surface area contributed by atoms with Crippen LogP contribution in [0.1, 0.15) is 25.5 Å². The fourth-order valence-electron chi connectivity index (χ4n) is 3.72. The van der Waals surface area contributed by atoms with Crippen molar-refractivity contribution in [1.82, 2.24) is 5.32 Å². The lowest BCUT2D eigenvalue weighted by atomic mass is 10.0.